The van der Waals surface area contributed by atoms with Crippen molar-refractivity contribution < 1.29 is 9.47 Å². The number of hydrogen-bond donors (Lipinski definition) is 1. The van der Waals surface area contributed by atoms with Crippen LogP contribution in [-0.4, -0.2) is 19.3 Å². The Morgan fingerprint density at radius 2 is 2.11 bits per heavy atom. The van der Waals surface area contributed by atoms with Gasteiger partial charge in [0, 0.05) is 19.1 Å². The van der Waals surface area contributed by atoms with Crippen LogP contribution >= 0.6 is 0 Å². The number of methoxy groups -OCH3 is 1. The lowest BCUT2D eigenvalue weighted by Crippen LogP contribution is -2.40. The van der Waals surface area contributed by atoms with Crippen molar-refractivity contribution in [1.29, 1.82) is 0 Å². The molecular formula is C15H21NO2. The molecular weight excluding hydrogens is 226 g/mol. The summed E-state index contributed by atoms with van der Waals surface area (Å²) in [5.41, 5.74) is 8.72. The molecule has 1 aromatic carbocycles. The molecule has 98 valence electrons. The molecule has 2 aliphatic rings. The Labute approximate surface area is 108 Å². The van der Waals surface area contributed by atoms with Crippen LogP contribution in [0.2, 0.25) is 0 Å². The largest absolute Gasteiger partial charge is 0.493 e. The van der Waals surface area contributed by atoms with Crippen molar-refractivity contribution in [3.63, 3.8) is 0 Å². The highest BCUT2D eigenvalue weighted by Crippen LogP contribution is 2.44. The van der Waals surface area contributed by atoms with E-state index < -0.39 is 0 Å². The summed E-state index contributed by atoms with van der Waals surface area (Å²) in [5.74, 6) is 1.01. The minimum absolute atomic E-state index is 0.0851. The second-order valence-electron chi connectivity index (χ2n) is 5.39. The highest BCUT2D eigenvalue weighted by Gasteiger charge is 2.42. The van der Waals surface area contributed by atoms with Gasteiger partial charge in [0.05, 0.1) is 18.2 Å². The van der Waals surface area contributed by atoms with Gasteiger partial charge in [0.15, 0.2) is 0 Å². The number of fused-ring (bicyclic) bond motifs is 1. The lowest BCUT2D eigenvalue weighted by atomic mass is 9.86. The van der Waals surface area contributed by atoms with E-state index in [2.05, 4.69) is 18.2 Å². The maximum Gasteiger partial charge on any atom is 0.127 e. The minimum atomic E-state index is -0.193. The van der Waals surface area contributed by atoms with E-state index in [0.29, 0.717) is 0 Å². The molecule has 1 fully saturated rings. The number of rotatable bonds is 3. The molecule has 0 bridgehead atoms. The molecule has 3 rings (SSSR count). The summed E-state index contributed by atoms with van der Waals surface area (Å²) in [6.07, 6.45) is 5.51. The summed E-state index contributed by atoms with van der Waals surface area (Å²) in [5, 5.41) is 0. The average Bonchev–Trinajstić information content (AvgIpc) is 3.06. The predicted molar refractivity (Wildman–Crippen MR) is 70.8 cm³/mol. The van der Waals surface area contributed by atoms with Crippen LogP contribution in [-0.2, 0) is 11.2 Å². The number of para-hydroxylation sites is 1. The Hall–Kier alpha value is -1.06. The van der Waals surface area contributed by atoms with Crippen molar-refractivity contribution >= 4 is 0 Å². The molecule has 1 aromatic rings. The fourth-order valence-corrected chi connectivity index (χ4v) is 3.38. The second-order valence-corrected chi connectivity index (χ2v) is 5.39. The van der Waals surface area contributed by atoms with Crippen LogP contribution in [0.3, 0.4) is 0 Å². The minimum Gasteiger partial charge on any atom is -0.493 e. The monoisotopic (exact) mass is 247 g/mol. The smallest absolute Gasteiger partial charge is 0.127 e. The van der Waals surface area contributed by atoms with Crippen molar-refractivity contribution in [1.82, 2.24) is 0 Å². The number of benzene rings is 1. The Morgan fingerprint density at radius 1 is 1.33 bits per heavy atom. The molecule has 1 atom stereocenters. The van der Waals surface area contributed by atoms with Gasteiger partial charge in [0.2, 0.25) is 0 Å². The zero-order chi connectivity index (χ0) is 12.6. The first-order chi connectivity index (χ1) is 8.77. The lowest BCUT2D eigenvalue weighted by molar-refractivity contribution is -0.0269. The van der Waals surface area contributed by atoms with Crippen molar-refractivity contribution in [3.05, 3.63) is 29.3 Å². The summed E-state index contributed by atoms with van der Waals surface area (Å²) in [7, 11) is 1.79. The fraction of sp³-hybridized carbons (Fsp3) is 0.600. The normalized spacial score (nSPS) is 22.6. The van der Waals surface area contributed by atoms with E-state index in [1.807, 2.05) is 0 Å². The number of ether oxygens (including phenoxy) is 2. The van der Waals surface area contributed by atoms with Gasteiger partial charge in [0.1, 0.15) is 5.75 Å². The molecule has 0 radical (unpaired) electrons. The van der Waals surface area contributed by atoms with E-state index in [0.717, 1.165) is 37.2 Å². The van der Waals surface area contributed by atoms with E-state index in [9.17, 15) is 0 Å². The zero-order valence-electron chi connectivity index (χ0n) is 10.9. The summed E-state index contributed by atoms with van der Waals surface area (Å²) in [6, 6.07) is 6.22. The van der Waals surface area contributed by atoms with Gasteiger partial charge >= 0.3 is 0 Å². The van der Waals surface area contributed by atoms with Gasteiger partial charge in [-0.3, -0.25) is 0 Å². The van der Waals surface area contributed by atoms with Gasteiger partial charge < -0.3 is 15.2 Å². The standard InChI is InChI=1S/C15H21NO2/c1-17-15(8-2-3-9-15)14(16)12-6-4-5-11-7-10-18-13(11)12/h4-6,14H,2-3,7-10,16H2,1H3. The van der Waals surface area contributed by atoms with E-state index in [4.69, 9.17) is 15.2 Å². The topological polar surface area (TPSA) is 44.5 Å². The maximum atomic E-state index is 6.51. The maximum absolute atomic E-state index is 6.51. The highest BCUT2D eigenvalue weighted by atomic mass is 16.5. The van der Waals surface area contributed by atoms with Crippen LogP contribution in [0.4, 0.5) is 0 Å². The summed E-state index contributed by atoms with van der Waals surface area (Å²) in [4.78, 5) is 0. The van der Waals surface area contributed by atoms with Gasteiger partial charge in [-0.1, -0.05) is 31.0 Å². The van der Waals surface area contributed by atoms with E-state index in [-0.39, 0.29) is 11.6 Å². The fourth-order valence-electron chi connectivity index (χ4n) is 3.38. The Morgan fingerprint density at radius 3 is 2.83 bits per heavy atom. The van der Waals surface area contributed by atoms with Crippen molar-refractivity contribution in [2.45, 2.75) is 43.7 Å². The molecule has 1 aliphatic carbocycles. The van der Waals surface area contributed by atoms with Crippen LogP contribution in [0, 0.1) is 0 Å². The van der Waals surface area contributed by atoms with Crippen LogP contribution in [0.15, 0.2) is 18.2 Å². The van der Waals surface area contributed by atoms with Gasteiger partial charge in [-0.15, -0.1) is 0 Å². The van der Waals surface area contributed by atoms with Gasteiger partial charge in [-0.2, -0.15) is 0 Å². The van der Waals surface area contributed by atoms with Gasteiger partial charge in [0.25, 0.3) is 0 Å². The van der Waals surface area contributed by atoms with E-state index in [1.165, 1.54) is 18.4 Å². The molecule has 0 amide bonds. The van der Waals surface area contributed by atoms with Crippen molar-refractivity contribution in [3.8, 4) is 5.75 Å². The first-order valence-electron chi connectivity index (χ1n) is 6.82. The molecule has 1 aliphatic heterocycles. The third-order valence-electron chi connectivity index (χ3n) is 4.50. The molecule has 3 heteroatoms. The summed E-state index contributed by atoms with van der Waals surface area (Å²) < 4.78 is 11.6. The predicted octanol–water partition coefficient (Wildman–Crippen LogP) is 2.58. The average molecular weight is 247 g/mol. The summed E-state index contributed by atoms with van der Waals surface area (Å²) in [6.45, 7) is 0.777. The van der Waals surface area contributed by atoms with Gasteiger partial charge in [-0.05, 0) is 18.4 Å². The number of hydrogen-bond acceptors (Lipinski definition) is 3. The highest BCUT2D eigenvalue weighted by molar-refractivity contribution is 5.46. The zero-order valence-corrected chi connectivity index (χ0v) is 10.9. The first kappa shape index (κ1) is 12.0. The van der Waals surface area contributed by atoms with Gasteiger partial charge in [-0.25, -0.2) is 0 Å². The Kier molecular flexibility index (Phi) is 3.04. The Bertz CT molecular complexity index is 438. The Balaban J connectivity index is 1.97. The molecule has 1 unspecified atom stereocenters. The molecule has 3 nitrogen and oxygen atoms in total. The van der Waals surface area contributed by atoms with Crippen LogP contribution in [0.1, 0.15) is 42.9 Å². The van der Waals surface area contributed by atoms with Crippen LogP contribution < -0.4 is 10.5 Å². The van der Waals surface area contributed by atoms with E-state index in [1.54, 1.807) is 7.11 Å². The lowest BCUT2D eigenvalue weighted by Gasteiger charge is -2.34. The van der Waals surface area contributed by atoms with Crippen LogP contribution in [0.5, 0.6) is 5.75 Å². The second kappa shape index (κ2) is 4.56. The first-order valence-corrected chi connectivity index (χ1v) is 6.82. The molecule has 0 saturated heterocycles. The van der Waals surface area contributed by atoms with Crippen LogP contribution in [0.25, 0.3) is 0 Å². The quantitative estimate of drug-likeness (QED) is 0.893. The number of nitrogens with two attached hydrogens (primary N) is 1. The summed E-state index contributed by atoms with van der Waals surface area (Å²) >= 11 is 0. The molecule has 1 saturated carbocycles. The molecule has 0 aromatic heterocycles. The van der Waals surface area contributed by atoms with E-state index >= 15 is 0 Å². The molecule has 1 heterocycles. The molecule has 0 spiro atoms. The van der Waals surface area contributed by atoms with Crippen molar-refractivity contribution in [2.24, 2.45) is 5.73 Å². The molecule has 2 N–H and O–H groups in total. The third kappa shape index (κ3) is 1.73. The SMILES string of the molecule is COC1(C(N)c2cccc3c2OCC3)CCCC1. The molecule has 18 heavy (non-hydrogen) atoms. The van der Waals surface area contributed by atoms with Crippen molar-refractivity contribution in [2.75, 3.05) is 13.7 Å². The third-order valence-corrected chi connectivity index (χ3v) is 4.50.